The van der Waals surface area contributed by atoms with Crippen LogP contribution in [-0.4, -0.2) is 22.6 Å². The molecule has 6 nitrogen and oxygen atoms in total. The Bertz CT molecular complexity index is 827. The van der Waals surface area contributed by atoms with Crippen molar-refractivity contribution in [2.45, 2.75) is 58.3 Å². The van der Waals surface area contributed by atoms with Gasteiger partial charge in [0.15, 0.2) is 0 Å². The van der Waals surface area contributed by atoms with E-state index in [4.69, 9.17) is 20.3 Å². The lowest BCUT2D eigenvalue weighted by Gasteiger charge is -2.23. The molecular formula is C23H29NO5. The first-order valence-corrected chi connectivity index (χ1v) is 9.65. The van der Waals surface area contributed by atoms with Crippen molar-refractivity contribution in [3.8, 4) is 5.75 Å². The summed E-state index contributed by atoms with van der Waals surface area (Å²) in [5, 5.41) is 8.84. The van der Waals surface area contributed by atoms with Crippen molar-refractivity contribution in [2.75, 3.05) is 0 Å². The van der Waals surface area contributed by atoms with Gasteiger partial charge in [-0.2, -0.15) is 0 Å². The summed E-state index contributed by atoms with van der Waals surface area (Å²) in [6.07, 6.45) is 1.15. The molecule has 156 valence electrons. The second-order valence-electron chi connectivity index (χ2n) is 7.90. The summed E-state index contributed by atoms with van der Waals surface area (Å²) in [5.41, 5.74) is 7.98. The molecule has 0 radical (unpaired) electrons. The van der Waals surface area contributed by atoms with E-state index in [-0.39, 0.29) is 6.42 Å². The maximum Gasteiger partial charge on any atom is 0.328 e. The number of esters is 1. The molecule has 0 aliphatic carbocycles. The Labute approximate surface area is 171 Å². The van der Waals surface area contributed by atoms with Gasteiger partial charge < -0.3 is 20.3 Å². The van der Waals surface area contributed by atoms with Crippen molar-refractivity contribution >= 4 is 11.9 Å². The molecule has 2 rings (SSSR count). The van der Waals surface area contributed by atoms with Gasteiger partial charge in [-0.15, -0.1) is 0 Å². The van der Waals surface area contributed by atoms with Gasteiger partial charge in [-0.05, 0) is 56.9 Å². The van der Waals surface area contributed by atoms with Gasteiger partial charge in [0.25, 0.3) is 0 Å². The summed E-state index contributed by atoms with van der Waals surface area (Å²) < 4.78 is 11.4. The molecule has 1 atom stereocenters. The van der Waals surface area contributed by atoms with Gasteiger partial charge in [0.2, 0.25) is 0 Å². The number of carboxylic acids is 1. The van der Waals surface area contributed by atoms with Crippen LogP contribution < -0.4 is 10.5 Å². The van der Waals surface area contributed by atoms with E-state index in [1.54, 1.807) is 32.9 Å². The second kappa shape index (κ2) is 10.1. The van der Waals surface area contributed by atoms with Crippen molar-refractivity contribution in [3.63, 3.8) is 0 Å². The zero-order valence-electron chi connectivity index (χ0n) is 17.2. The molecule has 0 aromatic heterocycles. The molecule has 0 amide bonds. The molecule has 29 heavy (non-hydrogen) atoms. The second-order valence-corrected chi connectivity index (χ2v) is 7.90. The molecule has 0 heterocycles. The third kappa shape index (κ3) is 7.58. The van der Waals surface area contributed by atoms with Gasteiger partial charge >= 0.3 is 11.9 Å². The van der Waals surface area contributed by atoms with Crippen LogP contribution in [-0.2, 0) is 27.4 Å². The first kappa shape index (κ1) is 22.4. The predicted octanol–water partition coefficient (Wildman–Crippen LogP) is 4.01. The Morgan fingerprint density at radius 3 is 2.38 bits per heavy atom. The maximum absolute atomic E-state index is 12.5. The van der Waals surface area contributed by atoms with Crippen LogP contribution >= 0.6 is 0 Å². The van der Waals surface area contributed by atoms with E-state index in [1.807, 2.05) is 36.4 Å². The molecule has 0 saturated heterocycles. The Hall–Kier alpha value is -2.86. The molecule has 6 heteroatoms. The van der Waals surface area contributed by atoms with E-state index in [2.05, 4.69) is 0 Å². The standard InChI is InChI=1S/C23H29NO5/c1-23(2,3)29-22(27)21(24)18-14-16(10-7-11-20(25)26)12-13-19(18)28-15-17-8-5-4-6-9-17/h4-6,8-9,12-14,21H,7,10-11,15,24H2,1-3H3,(H,25,26). The molecule has 3 N–H and O–H groups in total. The van der Waals surface area contributed by atoms with Gasteiger partial charge in [-0.1, -0.05) is 36.4 Å². The van der Waals surface area contributed by atoms with E-state index >= 15 is 0 Å². The van der Waals surface area contributed by atoms with E-state index < -0.39 is 23.6 Å². The highest BCUT2D eigenvalue weighted by molar-refractivity contribution is 5.79. The summed E-state index contributed by atoms with van der Waals surface area (Å²) >= 11 is 0. The van der Waals surface area contributed by atoms with Crippen LogP contribution in [0, 0.1) is 0 Å². The number of nitrogens with two attached hydrogens (primary N) is 1. The van der Waals surface area contributed by atoms with Crippen LogP contribution in [0.3, 0.4) is 0 Å². The molecule has 2 aromatic rings. The highest BCUT2D eigenvalue weighted by atomic mass is 16.6. The van der Waals surface area contributed by atoms with E-state index in [0.29, 0.717) is 30.8 Å². The van der Waals surface area contributed by atoms with Crippen LogP contribution in [0.5, 0.6) is 5.75 Å². The molecule has 0 bridgehead atoms. The Kier molecular flexibility index (Phi) is 7.79. The van der Waals surface area contributed by atoms with Gasteiger partial charge in [0.05, 0.1) is 0 Å². The molecule has 0 spiro atoms. The Morgan fingerprint density at radius 2 is 1.76 bits per heavy atom. The normalized spacial score (nSPS) is 12.3. The monoisotopic (exact) mass is 399 g/mol. The van der Waals surface area contributed by atoms with Crippen molar-refractivity contribution < 1.29 is 24.2 Å². The minimum atomic E-state index is -1.00. The zero-order chi connectivity index (χ0) is 21.4. The Balaban J connectivity index is 2.23. The average Bonchev–Trinajstić information content (AvgIpc) is 2.65. The lowest BCUT2D eigenvalue weighted by atomic mass is 10.00. The van der Waals surface area contributed by atoms with E-state index in [0.717, 1.165) is 11.1 Å². The fourth-order valence-corrected chi connectivity index (χ4v) is 2.80. The van der Waals surface area contributed by atoms with Gasteiger partial charge in [-0.3, -0.25) is 4.79 Å². The number of carbonyl (C=O) groups excluding carboxylic acids is 1. The summed E-state index contributed by atoms with van der Waals surface area (Å²) in [6.45, 7) is 5.69. The molecule has 0 saturated carbocycles. The SMILES string of the molecule is CC(C)(C)OC(=O)C(N)c1cc(CCCC(=O)O)ccc1OCc1ccccc1. The van der Waals surface area contributed by atoms with Crippen molar-refractivity contribution in [2.24, 2.45) is 5.73 Å². The first-order chi connectivity index (χ1) is 13.7. The fourth-order valence-electron chi connectivity index (χ4n) is 2.80. The van der Waals surface area contributed by atoms with Crippen molar-refractivity contribution in [1.82, 2.24) is 0 Å². The molecule has 0 aliphatic heterocycles. The lowest BCUT2D eigenvalue weighted by molar-refractivity contribution is -0.156. The highest BCUT2D eigenvalue weighted by Gasteiger charge is 2.26. The zero-order valence-corrected chi connectivity index (χ0v) is 17.2. The van der Waals surface area contributed by atoms with Crippen LogP contribution in [0.4, 0.5) is 0 Å². The van der Waals surface area contributed by atoms with Crippen LogP contribution in [0.25, 0.3) is 0 Å². The number of ether oxygens (including phenoxy) is 2. The van der Waals surface area contributed by atoms with Crippen LogP contribution in [0.1, 0.15) is 56.3 Å². The summed E-state index contributed by atoms with van der Waals surface area (Å²) in [5.74, 6) is -0.863. The third-order valence-electron chi connectivity index (χ3n) is 4.16. The Morgan fingerprint density at radius 1 is 1.07 bits per heavy atom. The number of rotatable bonds is 9. The number of hydrogen-bond acceptors (Lipinski definition) is 5. The van der Waals surface area contributed by atoms with Crippen molar-refractivity contribution in [1.29, 1.82) is 0 Å². The molecule has 0 fully saturated rings. The minimum Gasteiger partial charge on any atom is -0.489 e. The summed E-state index contributed by atoms with van der Waals surface area (Å²) in [6, 6.07) is 14.1. The van der Waals surface area contributed by atoms with Crippen LogP contribution in [0.15, 0.2) is 48.5 Å². The van der Waals surface area contributed by atoms with Crippen LogP contribution in [0.2, 0.25) is 0 Å². The summed E-state index contributed by atoms with van der Waals surface area (Å²) in [7, 11) is 0. The van der Waals surface area contributed by atoms with E-state index in [9.17, 15) is 9.59 Å². The molecule has 1 unspecified atom stereocenters. The number of aliphatic carboxylic acids is 1. The molecule has 0 aliphatic rings. The average molecular weight is 399 g/mol. The third-order valence-corrected chi connectivity index (χ3v) is 4.16. The minimum absolute atomic E-state index is 0.0830. The van der Waals surface area contributed by atoms with Gasteiger partial charge in [-0.25, -0.2) is 4.79 Å². The first-order valence-electron chi connectivity index (χ1n) is 9.65. The number of aryl methyl sites for hydroxylation is 1. The van der Waals surface area contributed by atoms with Gasteiger partial charge in [0, 0.05) is 12.0 Å². The molecule has 2 aromatic carbocycles. The molecular weight excluding hydrogens is 370 g/mol. The predicted molar refractivity (Wildman–Crippen MR) is 111 cm³/mol. The highest BCUT2D eigenvalue weighted by Crippen LogP contribution is 2.29. The number of carbonyl (C=O) groups is 2. The smallest absolute Gasteiger partial charge is 0.328 e. The largest absolute Gasteiger partial charge is 0.489 e. The fraction of sp³-hybridized carbons (Fsp3) is 0.391. The number of carboxylic acid groups (broad SMARTS) is 1. The van der Waals surface area contributed by atoms with Crippen molar-refractivity contribution in [3.05, 3.63) is 65.2 Å². The number of benzene rings is 2. The lowest BCUT2D eigenvalue weighted by Crippen LogP contribution is -2.31. The van der Waals surface area contributed by atoms with E-state index in [1.165, 1.54) is 0 Å². The topological polar surface area (TPSA) is 98.9 Å². The maximum atomic E-state index is 12.5. The number of hydrogen-bond donors (Lipinski definition) is 2. The summed E-state index contributed by atoms with van der Waals surface area (Å²) in [4.78, 5) is 23.3. The quantitative estimate of drug-likeness (QED) is 0.618. The van der Waals surface area contributed by atoms with Gasteiger partial charge in [0.1, 0.15) is 24.0 Å².